The van der Waals surface area contributed by atoms with Crippen LogP contribution >= 0.6 is 45.8 Å². The second kappa shape index (κ2) is 6.33. The number of rotatable bonds is 3. The van der Waals surface area contributed by atoms with E-state index in [0.29, 0.717) is 16.5 Å². The predicted octanol–water partition coefficient (Wildman–Crippen LogP) is 5.15. The number of hydrogen-bond donors (Lipinski definition) is 0. The minimum atomic E-state index is -0.491. The second-order valence-corrected chi connectivity index (χ2v) is 5.82. The molecular weight excluding hydrogens is 401 g/mol. The molecule has 2 nitrogen and oxygen atoms in total. The zero-order chi connectivity index (χ0) is 14.0. The number of halogens is 4. The Balaban J connectivity index is 2.52. The summed E-state index contributed by atoms with van der Waals surface area (Å²) >= 11 is 13.9. The molecule has 19 heavy (non-hydrogen) atoms. The Morgan fingerprint density at radius 2 is 2.00 bits per heavy atom. The van der Waals surface area contributed by atoms with Gasteiger partial charge in [-0.05, 0) is 47.2 Å². The second-order valence-electron chi connectivity index (χ2n) is 3.98. The Labute approximate surface area is 134 Å². The molecule has 0 aliphatic heterocycles. The summed E-state index contributed by atoms with van der Waals surface area (Å²) in [5.74, 6) is -0.0705. The summed E-state index contributed by atoms with van der Waals surface area (Å²) < 4.78 is 14.3. The average molecular weight is 411 g/mol. The highest BCUT2D eigenvalue weighted by Crippen LogP contribution is 2.26. The first-order valence-corrected chi connectivity index (χ1v) is 7.53. The minimum absolute atomic E-state index is 0.0779. The van der Waals surface area contributed by atoms with Crippen molar-refractivity contribution in [3.63, 3.8) is 0 Å². The fourth-order valence-corrected chi connectivity index (χ4v) is 2.45. The van der Waals surface area contributed by atoms with Gasteiger partial charge in [0.2, 0.25) is 0 Å². The van der Waals surface area contributed by atoms with Crippen molar-refractivity contribution < 1.29 is 4.39 Å². The molecule has 100 valence electrons. The van der Waals surface area contributed by atoms with Crippen molar-refractivity contribution >= 4 is 45.8 Å². The molecule has 0 unspecified atom stereocenters. The smallest absolute Gasteiger partial charge is 0.161 e. The molecule has 0 fully saturated rings. The molecule has 0 N–H and O–H groups in total. The topological polar surface area (TPSA) is 25.8 Å². The van der Waals surface area contributed by atoms with Crippen molar-refractivity contribution in [2.45, 2.75) is 19.8 Å². The highest BCUT2D eigenvalue weighted by molar-refractivity contribution is 14.1. The molecule has 2 aromatic rings. The quantitative estimate of drug-likeness (QED) is 0.516. The fourth-order valence-electron chi connectivity index (χ4n) is 1.63. The molecule has 1 aromatic carbocycles. The van der Waals surface area contributed by atoms with Crippen LogP contribution in [0.1, 0.15) is 19.0 Å². The number of aromatic nitrogens is 2. The summed E-state index contributed by atoms with van der Waals surface area (Å²) in [4.78, 5) is 8.64. The van der Waals surface area contributed by atoms with Crippen LogP contribution in [0.4, 0.5) is 4.39 Å². The molecular formula is C13H10Cl2FIN2. The lowest BCUT2D eigenvalue weighted by Crippen LogP contribution is -2.00. The van der Waals surface area contributed by atoms with Crippen LogP contribution in [0.5, 0.6) is 0 Å². The number of aryl methyl sites for hydroxylation is 1. The van der Waals surface area contributed by atoms with Crippen molar-refractivity contribution in [1.29, 1.82) is 0 Å². The van der Waals surface area contributed by atoms with Crippen LogP contribution < -0.4 is 0 Å². The van der Waals surface area contributed by atoms with Crippen molar-refractivity contribution in [2.75, 3.05) is 0 Å². The van der Waals surface area contributed by atoms with Crippen LogP contribution in [0.3, 0.4) is 0 Å². The molecule has 0 saturated heterocycles. The van der Waals surface area contributed by atoms with Crippen LogP contribution in [0, 0.1) is 9.39 Å². The number of benzene rings is 1. The third-order valence-corrected chi connectivity index (χ3v) is 4.58. The summed E-state index contributed by atoms with van der Waals surface area (Å²) in [6.07, 6.45) is 1.77. The molecule has 0 bridgehead atoms. The van der Waals surface area contributed by atoms with Crippen LogP contribution in [-0.4, -0.2) is 9.97 Å². The van der Waals surface area contributed by atoms with Gasteiger partial charge in [-0.25, -0.2) is 14.4 Å². The van der Waals surface area contributed by atoms with Gasteiger partial charge in [0, 0.05) is 5.56 Å². The van der Waals surface area contributed by atoms with E-state index in [4.69, 9.17) is 23.2 Å². The van der Waals surface area contributed by atoms with E-state index >= 15 is 0 Å². The Kier molecular flexibility index (Phi) is 4.97. The molecule has 0 aliphatic carbocycles. The maximum atomic E-state index is 13.5. The van der Waals surface area contributed by atoms with E-state index in [-0.39, 0.29) is 5.02 Å². The van der Waals surface area contributed by atoms with Gasteiger partial charge in [0.15, 0.2) is 5.82 Å². The highest BCUT2D eigenvalue weighted by atomic mass is 127. The zero-order valence-electron chi connectivity index (χ0n) is 10.1. The molecule has 0 radical (unpaired) electrons. The molecule has 0 spiro atoms. The maximum absolute atomic E-state index is 13.5. The van der Waals surface area contributed by atoms with E-state index in [0.717, 1.165) is 22.1 Å². The Morgan fingerprint density at radius 1 is 1.26 bits per heavy atom. The van der Waals surface area contributed by atoms with Gasteiger partial charge in [-0.15, -0.1) is 0 Å². The summed E-state index contributed by atoms with van der Waals surface area (Å²) in [7, 11) is 0. The molecule has 1 aromatic heterocycles. The number of hydrogen-bond acceptors (Lipinski definition) is 2. The van der Waals surface area contributed by atoms with Gasteiger partial charge in [0.25, 0.3) is 0 Å². The summed E-state index contributed by atoms with van der Waals surface area (Å²) in [6, 6.07) is 4.48. The van der Waals surface area contributed by atoms with Crippen molar-refractivity contribution in [1.82, 2.24) is 9.97 Å². The molecule has 2 rings (SSSR count). The summed E-state index contributed by atoms with van der Waals surface area (Å²) in [6.45, 7) is 2.06. The third-order valence-electron chi connectivity index (χ3n) is 2.54. The lowest BCUT2D eigenvalue weighted by Gasteiger charge is -2.08. The molecule has 0 aliphatic rings. The van der Waals surface area contributed by atoms with Crippen LogP contribution in [0.15, 0.2) is 18.2 Å². The first kappa shape index (κ1) is 14.9. The lowest BCUT2D eigenvalue weighted by atomic mass is 10.2. The van der Waals surface area contributed by atoms with Crippen LogP contribution in [0.25, 0.3) is 11.4 Å². The fraction of sp³-hybridized carbons (Fsp3) is 0.231. The highest BCUT2D eigenvalue weighted by Gasteiger charge is 2.12. The van der Waals surface area contributed by atoms with Crippen molar-refractivity contribution in [3.05, 3.63) is 43.5 Å². The molecule has 6 heteroatoms. The largest absolute Gasteiger partial charge is 0.232 e. The van der Waals surface area contributed by atoms with Gasteiger partial charge in [-0.3, -0.25) is 0 Å². The van der Waals surface area contributed by atoms with Gasteiger partial charge in [-0.2, -0.15) is 0 Å². The van der Waals surface area contributed by atoms with Gasteiger partial charge in [-0.1, -0.05) is 36.5 Å². The van der Waals surface area contributed by atoms with Gasteiger partial charge >= 0.3 is 0 Å². The van der Waals surface area contributed by atoms with E-state index in [1.165, 1.54) is 12.1 Å². The van der Waals surface area contributed by atoms with E-state index in [1.807, 2.05) is 0 Å². The summed E-state index contributed by atoms with van der Waals surface area (Å²) in [5.41, 5.74) is 1.45. The SMILES string of the molecule is CCCc1nc(-c2ccc(Cl)c(F)c2)nc(Cl)c1I. The first-order chi connectivity index (χ1) is 9.02. The maximum Gasteiger partial charge on any atom is 0.161 e. The predicted molar refractivity (Wildman–Crippen MR) is 84.2 cm³/mol. The van der Waals surface area contributed by atoms with Crippen LogP contribution in [-0.2, 0) is 6.42 Å². The first-order valence-electron chi connectivity index (χ1n) is 5.70. The lowest BCUT2D eigenvalue weighted by molar-refractivity contribution is 0.628. The van der Waals surface area contributed by atoms with Gasteiger partial charge in [0.05, 0.1) is 14.3 Å². The van der Waals surface area contributed by atoms with Crippen LogP contribution in [0.2, 0.25) is 10.2 Å². The van der Waals surface area contributed by atoms with E-state index in [1.54, 1.807) is 6.07 Å². The Morgan fingerprint density at radius 3 is 2.63 bits per heavy atom. The van der Waals surface area contributed by atoms with Crippen molar-refractivity contribution in [3.8, 4) is 11.4 Å². The minimum Gasteiger partial charge on any atom is -0.232 e. The summed E-state index contributed by atoms with van der Waals surface area (Å²) in [5, 5.41) is 0.471. The molecule has 0 atom stereocenters. The van der Waals surface area contributed by atoms with E-state index in [2.05, 4.69) is 39.5 Å². The Hall–Kier alpha value is -0.460. The Bertz CT molecular complexity index is 620. The standard InChI is InChI=1S/C13H10Cl2FIN2/c1-2-3-10-11(17)12(15)19-13(18-10)7-4-5-8(14)9(16)6-7/h4-6H,2-3H2,1H3. The van der Waals surface area contributed by atoms with Gasteiger partial charge in [0.1, 0.15) is 11.0 Å². The molecule has 0 saturated carbocycles. The monoisotopic (exact) mass is 410 g/mol. The van der Waals surface area contributed by atoms with Gasteiger partial charge < -0.3 is 0 Å². The normalized spacial score (nSPS) is 10.8. The number of nitrogens with zero attached hydrogens (tertiary/aromatic N) is 2. The third kappa shape index (κ3) is 3.35. The average Bonchev–Trinajstić information content (AvgIpc) is 2.38. The molecule has 0 amide bonds. The van der Waals surface area contributed by atoms with E-state index < -0.39 is 5.82 Å². The molecule has 1 heterocycles. The van der Waals surface area contributed by atoms with Crippen molar-refractivity contribution in [2.24, 2.45) is 0 Å². The zero-order valence-corrected chi connectivity index (χ0v) is 13.7. The van der Waals surface area contributed by atoms with E-state index in [9.17, 15) is 4.39 Å².